The van der Waals surface area contributed by atoms with Gasteiger partial charge in [-0.1, -0.05) is 13.5 Å². The topological polar surface area (TPSA) is 50.4 Å². The monoisotopic (exact) mass is 184 g/mol. The van der Waals surface area contributed by atoms with Crippen molar-refractivity contribution in [3.8, 4) is 0 Å². The van der Waals surface area contributed by atoms with E-state index in [1.54, 1.807) is 0 Å². The van der Waals surface area contributed by atoms with E-state index in [0.29, 0.717) is 13.2 Å². The minimum Gasteiger partial charge on any atom is -0.378 e. The third-order valence-electron chi connectivity index (χ3n) is 2.06. The van der Waals surface area contributed by atoms with Gasteiger partial charge in [-0.25, -0.2) is 0 Å². The Bertz CT molecular complexity index is 194. The SMILES string of the molecule is C=CC(=O)NC1COCC1NCC. The third-order valence-corrected chi connectivity index (χ3v) is 2.06. The molecule has 0 aromatic heterocycles. The Morgan fingerprint density at radius 3 is 2.92 bits per heavy atom. The highest BCUT2D eigenvalue weighted by Crippen LogP contribution is 2.05. The molecule has 0 aromatic carbocycles. The van der Waals surface area contributed by atoms with Crippen molar-refractivity contribution in [2.45, 2.75) is 19.0 Å². The zero-order chi connectivity index (χ0) is 9.68. The van der Waals surface area contributed by atoms with E-state index in [4.69, 9.17) is 4.74 Å². The highest BCUT2D eigenvalue weighted by atomic mass is 16.5. The number of nitrogens with one attached hydrogen (secondary N) is 2. The first-order valence-electron chi connectivity index (χ1n) is 4.52. The summed E-state index contributed by atoms with van der Waals surface area (Å²) in [7, 11) is 0. The van der Waals surface area contributed by atoms with Crippen LogP contribution in [0.2, 0.25) is 0 Å². The molecule has 0 spiro atoms. The summed E-state index contributed by atoms with van der Waals surface area (Å²) in [4.78, 5) is 11.0. The minimum absolute atomic E-state index is 0.0745. The maximum Gasteiger partial charge on any atom is 0.243 e. The summed E-state index contributed by atoms with van der Waals surface area (Å²) >= 11 is 0. The van der Waals surface area contributed by atoms with Crippen molar-refractivity contribution >= 4 is 5.91 Å². The fraction of sp³-hybridized carbons (Fsp3) is 0.667. The number of carbonyl (C=O) groups excluding carboxylic acids is 1. The van der Waals surface area contributed by atoms with Gasteiger partial charge in [-0.2, -0.15) is 0 Å². The smallest absolute Gasteiger partial charge is 0.243 e. The summed E-state index contributed by atoms with van der Waals surface area (Å²) in [6.07, 6.45) is 1.28. The van der Waals surface area contributed by atoms with E-state index in [0.717, 1.165) is 6.54 Å². The van der Waals surface area contributed by atoms with Crippen LogP contribution in [0.4, 0.5) is 0 Å². The van der Waals surface area contributed by atoms with Gasteiger partial charge in [0.1, 0.15) is 0 Å². The van der Waals surface area contributed by atoms with Crippen LogP contribution in [0.5, 0.6) is 0 Å². The first-order chi connectivity index (χ1) is 6.27. The summed E-state index contributed by atoms with van der Waals surface area (Å²) in [5, 5.41) is 6.07. The molecule has 4 nitrogen and oxygen atoms in total. The van der Waals surface area contributed by atoms with Crippen LogP contribution in [0, 0.1) is 0 Å². The van der Waals surface area contributed by atoms with Crippen LogP contribution in [-0.4, -0.2) is 37.7 Å². The molecule has 74 valence electrons. The first-order valence-corrected chi connectivity index (χ1v) is 4.52. The summed E-state index contributed by atoms with van der Waals surface area (Å²) in [6, 6.07) is 0.305. The molecule has 1 rings (SSSR count). The summed E-state index contributed by atoms with van der Waals surface area (Å²) in [5.74, 6) is -0.140. The second kappa shape index (κ2) is 4.99. The van der Waals surface area contributed by atoms with Crippen LogP contribution in [0.15, 0.2) is 12.7 Å². The van der Waals surface area contributed by atoms with E-state index in [2.05, 4.69) is 17.2 Å². The molecule has 0 radical (unpaired) electrons. The lowest BCUT2D eigenvalue weighted by atomic mass is 10.1. The molecule has 1 saturated heterocycles. The third kappa shape index (κ3) is 2.82. The Hall–Kier alpha value is -0.870. The van der Waals surface area contributed by atoms with Gasteiger partial charge in [-0.15, -0.1) is 0 Å². The van der Waals surface area contributed by atoms with Gasteiger partial charge in [0.15, 0.2) is 0 Å². The molecular weight excluding hydrogens is 168 g/mol. The van der Waals surface area contributed by atoms with Gasteiger partial charge in [-0.05, 0) is 12.6 Å². The number of rotatable bonds is 4. The molecule has 2 atom stereocenters. The van der Waals surface area contributed by atoms with Crippen LogP contribution in [0.1, 0.15) is 6.92 Å². The van der Waals surface area contributed by atoms with E-state index in [-0.39, 0.29) is 18.0 Å². The summed E-state index contributed by atoms with van der Waals surface area (Å²) < 4.78 is 5.26. The molecule has 13 heavy (non-hydrogen) atoms. The molecule has 0 saturated carbocycles. The Balaban J connectivity index is 2.38. The van der Waals surface area contributed by atoms with Gasteiger partial charge < -0.3 is 15.4 Å². The Morgan fingerprint density at radius 1 is 1.62 bits per heavy atom. The fourth-order valence-corrected chi connectivity index (χ4v) is 1.40. The standard InChI is InChI=1S/C9H16N2O2/c1-3-9(12)11-8-6-13-5-7(8)10-4-2/h3,7-8,10H,1,4-6H2,2H3,(H,11,12). The van der Waals surface area contributed by atoms with Gasteiger partial charge in [0.05, 0.1) is 25.3 Å². The van der Waals surface area contributed by atoms with E-state index in [9.17, 15) is 4.79 Å². The van der Waals surface area contributed by atoms with Crippen LogP contribution in [0.25, 0.3) is 0 Å². The van der Waals surface area contributed by atoms with E-state index < -0.39 is 0 Å². The van der Waals surface area contributed by atoms with Crippen molar-refractivity contribution in [3.05, 3.63) is 12.7 Å². The van der Waals surface area contributed by atoms with E-state index in [1.165, 1.54) is 6.08 Å². The maximum atomic E-state index is 11.0. The average molecular weight is 184 g/mol. The molecule has 1 heterocycles. The molecule has 0 aliphatic carbocycles. The lowest BCUT2D eigenvalue weighted by molar-refractivity contribution is -0.117. The molecule has 1 aliphatic heterocycles. The molecule has 2 N–H and O–H groups in total. The number of ether oxygens (including phenoxy) is 1. The van der Waals surface area contributed by atoms with Gasteiger partial charge in [0, 0.05) is 0 Å². The van der Waals surface area contributed by atoms with Crippen LogP contribution in [0.3, 0.4) is 0 Å². The first kappa shape index (κ1) is 10.2. The zero-order valence-electron chi connectivity index (χ0n) is 7.88. The van der Waals surface area contributed by atoms with E-state index in [1.807, 2.05) is 6.92 Å². The van der Waals surface area contributed by atoms with Gasteiger partial charge in [0.25, 0.3) is 0 Å². The number of hydrogen-bond acceptors (Lipinski definition) is 3. The number of amides is 1. The van der Waals surface area contributed by atoms with Crippen LogP contribution < -0.4 is 10.6 Å². The summed E-state index contributed by atoms with van der Waals surface area (Å²) in [5.41, 5.74) is 0. The Morgan fingerprint density at radius 2 is 2.31 bits per heavy atom. The van der Waals surface area contributed by atoms with Crippen molar-refractivity contribution < 1.29 is 9.53 Å². The van der Waals surface area contributed by atoms with Gasteiger partial charge >= 0.3 is 0 Å². The highest BCUT2D eigenvalue weighted by molar-refractivity contribution is 5.87. The number of hydrogen-bond donors (Lipinski definition) is 2. The number of carbonyl (C=O) groups is 1. The molecule has 2 unspecified atom stereocenters. The molecule has 4 heteroatoms. The lowest BCUT2D eigenvalue weighted by Crippen LogP contribution is -2.48. The number of likely N-dealkylation sites (N-methyl/N-ethyl adjacent to an activating group) is 1. The normalized spacial score (nSPS) is 27.2. The van der Waals surface area contributed by atoms with Crippen molar-refractivity contribution in [2.75, 3.05) is 19.8 Å². The lowest BCUT2D eigenvalue weighted by Gasteiger charge is -2.18. The van der Waals surface area contributed by atoms with Crippen molar-refractivity contribution in [1.29, 1.82) is 0 Å². The fourth-order valence-electron chi connectivity index (χ4n) is 1.40. The average Bonchev–Trinajstić information content (AvgIpc) is 2.54. The molecular formula is C9H16N2O2. The van der Waals surface area contributed by atoms with E-state index >= 15 is 0 Å². The molecule has 1 aliphatic rings. The summed E-state index contributed by atoms with van der Waals surface area (Å²) in [6.45, 7) is 7.56. The second-order valence-corrected chi connectivity index (χ2v) is 3.02. The molecule has 1 fully saturated rings. The van der Waals surface area contributed by atoms with Crippen LogP contribution >= 0.6 is 0 Å². The maximum absolute atomic E-state index is 11.0. The predicted molar refractivity (Wildman–Crippen MR) is 50.4 cm³/mol. The van der Waals surface area contributed by atoms with Crippen LogP contribution in [-0.2, 0) is 9.53 Å². The minimum atomic E-state index is -0.140. The van der Waals surface area contributed by atoms with Gasteiger partial charge in [0.2, 0.25) is 5.91 Å². The largest absolute Gasteiger partial charge is 0.378 e. The highest BCUT2D eigenvalue weighted by Gasteiger charge is 2.27. The quantitative estimate of drug-likeness (QED) is 0.588. The molecule has 1 amide bonds. The second-order valence-electron chi connectivity index (χ2n) is 3.02. The molecule has 0 bridgehead atoms. The van der Waals surface area contributed by atoms with Crippen molar-refractivity contribution in [1.82, 2.24) is 10.6 Å². The zero-order valence-corrected chi connectivity index (χ0v) is 7.88. The predicted octanol–water partition coefficient (Wildman–Crippen LogP) is -0.335. The van der Waals surface area contributed by atoms with Gasteiger partial charge in [-0.3, -0.25) is 4.79 Å². The molecule has 0 aromatic rings. The Labute approximate surface area is 78.3 Å². The van der Waals surface area contributed by atoms with Crippen molar-refractivity contribution in [3.63, 3.8) is 0 Å². The van der Waals surface area contributed by atoms with Crippen molar-refractivity contribution in [2.24, 2.45) is 0 Å². The Kier molecular flexibility index (Phi) is 3.92.